The van der Waals surface area contributed by atoms with Crippen LogP contribution in [0.1, 0.15) is 43.8 Å². The largest absolute Gasteiger partial charge is 0.419 e. The highest BCUT2D eigenvalue weighted by Gasteiger charge is 2.39. The summed E-state index contributed by atoms with van der Waals surface area (Å²) in [6.07, 6.45) is 3.98. The quantitative estimate of drug-likeness (QED) is 0.644. The Morgan fingerprint density at radius 3 is 2.89 bits per heavy atom. The summed E-state index contributed by atoms with van der Waals surface area (Å²) >= 11 is 1.54. The Morgan fingerprint density at radius 1 is 1.33 bits per heavy atom. The van der Waals surface area contributed by atoms with E-state index in [2.05, 4.69) is 15.3 Å². The van der Waals surface area contributed by atoms with Crippen LogP contribution in [0.3, 0.4) is 0 Å². The molecule has 4 rings (SSSR count). The van der Waals surface area contributed by atoms with Crippen molar-refractivity contribution in [1.82, 2.24) is 24.3 Å². The lowest BCUT2D eigenvalue weighted by Crippen LogP contribution is -2.38. The number of rotatable bonds is 5. The SMILES string of the molecule is CCn1cc(S(=O)(=O)N2CCCCC2c2nnc(-c3ccsc3)o2)c(C)n1. The number of aryl methyl sites for hydroxylation is 2. The molecule has 3 aromatic rings. The molecule has 8 nitrogen and oxygen atoms in total. The summed E-state index contributed by atoms with van der Waals surface area (Å²) in [7, 11) is -3.70. The normalized spacial score (nSPS) is 18.8. The molecule has 0 amide bonds. The Labute approximate surface area is 161 Å². The van der Waals surface area contributed by atoms with E-state index in [1.165, 1.54) is 4.31 Å². The van der Waals surface area contributed by atoms with Gasteiger partial charge in [0.2, 0.25) is 21.8 Å². The third-order valence-electron chi connectivity index (χ3n) is 4.76. The molecule has 1 fully saturated rings. The molecule has 3 aromatic heterocycles. The lowest BCUT2D eigenvalue weighted by atomic mass is 10.1. The first-order chi connectivity index (χ1) is 13.0. The molecule has 144 valence electrons. The van der Waals surface area contributed by atoms with Crippen LogP contribution in [-0.2, 0) is 16.6 Å². The molecule has 0 N–H and O–H groups in total. The van der Waals surface area contributed by atoms with E-state index < -0.39 is 16.1 Å². The van der Waals surface area contributed by atoms with Crippen LogP contribution in [0.15, 0.2) is 32.3 Å². The molecule has 0 saturated carbocycles. The van der Waals surface area contributed by atoms with Crippen molar-refractivity contribution >= 4 is 21.4 Å². The van der Waals surface area contributed by atoms with Gasteiger partial charge in [-0.1, -0.05) is 6.42 Å². The predicted octanol–water partition coefficient (Wildman–Crippen LogP) is 3.24. The van der Waals surface area contributed by atoms with Gasteiger partial charge in [-0.3, -0.25) is 4.68 Å². The fraction of sp³-hybridized carbons (Fsp3) is 0.471. The molecule has 0 bridgehead atoms. The molecule has 0 aromatic carbocycles. The Bertz CT molecular complexity index is 1020. The van der Waals surface area contributed by atoms with Gasteiger partial charge in [0.05, 0.1) is 5.69 Å². The minimum Gasteiger partial charge on any atom is -0.419 e. The van der Waals surface area contributed by atoms with Gasteiger partial charge in [-0.15, -0.1) is 10.2 Å². The highest BCUT2D eigenvalue weighted by molar-refractivity contribution is 7.89. The number of sulfonamides is 1. The van der Waals surface area contributed by atoms with Gasteiger partial charge in [0.1, 0.15) is 10.9 Å². The summed E-state index contributed by atoms with van der Waals surface area (Å²) in [5.41, 5.74) is 1.36. The summed E-state index contributed by atoms with van der Waals surface area (Å²) in [6.45, 7) is 4.70. The van der Waals surface area contributed by atoms with Gasteiger partial charge in [-0.25, -0.2) is 8.42 Å². The Morgan fingerprint density at radius 2 is 2.19 bits per heavy atom. The molecular formula is C17H21N5O3S2. The summed E-state index contributed by atoms with van der Waals surface area (Å²) in [5, 5.41) is 16.4. The summed E-state index contributed by atoms with van der Waals surface area (Å²) in [5.74, 6) is 0.768. The highest BCUT2D eigenvalue weighted by Crippen LogP contribution is 2.36. The zero-order valence-electron chi connectivity index (χ0n) is 15.2. The Hall–Kier alpha value is -2.04. The molecule has 10 heteroatoms. The van der Waals surface area contributed by atoms with Crippen LogP contribution in [0, 0.1) is 6.92 Å². The molecule has 0 aliphatic carbocycles. The smallest absolute Gasteiger partial charge is 0.248 e. The first kappa shape index (κ1) is 18.3. The van der Waals surface area contributed by atoms with Crippen LogP contribution in [0.2, 0.25) is 0 Å². The zero-order chi connectivity index (χ0) is 19.0. The van der Waals surface area contributed by atoms with Gasteiger partial charge in [0.25, 0.3) is 0 Å². The lowest BCUT2D eigenvalue weighted by molar-refractivity contribution is 0.220. The maximum atomic E-state index is 13.3. The van der Waals surface area contributed by atoms with E-state index in [9.17, 15) is 8.42 Å². The van der Waals surface area contributed by atoms with Crippen LogP contribution in [0.4, 0.5) is 0 Å². The maximum Gasteiger partial charge on any atom is 0.248 e. The van der Waals surface area contributed by atoms with E-state index in [0.29, 0.717) is 37.0 Å². The van der Waals surface area contributed by atoms with Crippen molar-refractivity contribution in [3.63, 3.8) is 0 Å². The van der Waals surface area contributed by atoms with Crippen molar-refractivity contribution < 1.29 is 12.8 Å². The third-order valence-corrected chi connectivity index (χ3v) is 7.45. The van der Waals surface area contributed by atoms with Gasteiger partial charge >= 0.3 is 0 Å². The lowest BCUT2D eigenvalue weighted by Gasteiger charge is -2.32. The van der Waals surface area contributed by atoms with E-state index in [0.717, 1.165) is 18.4 Å². The van der Waals surface area contributed by atoms with Gasteiger partial charge in [0, 0.05) is 30.2 Å². The predicted molar refractivity (Wildman–Crippen MR) is 101 cm³/mol. The molecule has 1 aliphatic rings. The van der Waals surface area contributed by atoms with Crippen LogP contribution in [0.25, 0.3) is 11.5 Å². The molecule has 1 unspecified atom stereocenters. The molecule has 27 heavy (non-hydrogen) atoms. The molecule has 1 saturated heterocycles. The van der Waals surface area contributed by atoms with E-state index in [1.807, 2.05) is 23.8 Å². The minimum atomic E-state index is -3.70. The average Bonchev–Trinajstić information content (AvgIpc) is 3.41. The highest BCUT2D eigenvalue weighted by atomic mass is 32.2. The zero-order valence-corrected chi connectivity index (χ0v) is 16.8. The van der Waals surface area contributed by atoms with Crippen molar-refractivity contribution in [3.05, 3.63) is 34.6 Å². The number of piperidine rings is 1. The van der Waals surface area contributed by atoms with Crippen LogP contribution in [-0.4, -0.2) is 39.2 Å². The van der Waals surface area contributed by atoms with E-state index >= 15 is 0 Å². The fourth-order valence-corrected chi connectivity index (χ4v) is 5.80. The van der Waals surface area contributed by atoms with Gasteiger partial charge in [-0.2, -0.15) is 20.7 Å². The molecule has 0 radical (unpaired) electrons. The molecule has 1 atom stereocenters. The van der Waals surface area contributed by atoms with E-state index in [-0.39, 0.29) is 4.90 Å². The molecule has 1 aliphatic heterocycles. The van der Waals surface area contributed by atoms with Crippen molar-refractivity contribution in [2.45, 2.75) is 50.6 Å². The minimum absolute atomic E-state index is 0.244. The summed E-state index contributed by atoms with van der Waals surface area (Å²) in [4.78, 5) is 0.244. The number of hydrogen-bond donors (Lipinski definition) is 0. The van der Waals surface area contributed by atoms with Gasteiger partial charge in [0.15, 0.2) is 0 Å². The third kappa shape index (κ3) is 3.32. The second-order valence-electron chi connectivity index (χ2n) is 6.52. The monoisotopic (exact) mass is 407 g/mol. The standard InChI is InChI=1S/C17H21N5O3S2/c1-3-21-10-15(12(2)20-21)27(23,24)22-8-5-4-6-14(22)17-19-18-16(25-17)13-7-9-26-11-13/h7,9-11,14H,3-6,8H2,1-2H3. The van der Waals surface area contributed by atoms with Gasteiger partial charge < -0.3 is 4.42 Å². The van der Waals surface area contributed by atoms with Crippen molar-refractivity contribution in [1.29, 1.82) is 0 Å². The van der Waals surface area contributed by atoms with Crippen molar-refractivity contribution in [3.8, 4) is 11.5 Å². The van der Waals surface area contributed by atoms with Crippen LogP contribution < -0.4 is 0 Å². The van der Waals surface area contributed by atoms with Crippen molar-refractivity contribution in [2.75, 3.05) is 6.54 Å². The first-order valence-corrected chi connectivity index (χ1v) is 11.3. The van der Waals surface area contributed by atoms with E-state index in [4.69, 9.17) is 4.42 Å². The number of hydrogen-bond acceptors (Lipinski definition) is 7. The second-order valence-corrected chi connectivity index (χ2v) is 9.16. The molecular weight excluding hydrogens is 386 g/mol. The fourth-order valence-electron chi connectivity index (χ4n) is 3.35. The average molecular weight is 408 g/mol. The van der Waals surface area contributed by atoms with Crippen LogP contribution in [0.5, 0.6) is 0 Å². The van der Waals surface area contributed by atoms with Crippen molar-refractivity contribution in [2.24, 2.45) is 0 Å². The molecule has 0 spiro atoms. The van der Waals surface area contributed by atoms with Gasteiger partial charge in [-0.05, 0) is 38.1 Å². The van der Waals surface area contributed by atoms with E-state index in [1.54, 1.807) is 29.1 Å². The first-order valence-electron chi connectivity index (χ1n) is 8.92. The number of nitrogens with zero attached hydrogens (tertiary/aromatic N) is 5. The van der Waals surface area contributed by atoms with Crippen LogP contribution >= 0.6 is 11.3 Å². The maximum absolute atomic E-state index is 13.3. The number of thiophene rings is 1. The summed E-state index contributed by atoms with van der Waals surface area (Å²) in [6, 6.07) is 1.45. The molecule has 4 heterocycles. The Kier molecular flexibility index (Phi) is 4.87. The number of aromatic nitrogens is 4. The summed E-state index contributed by atoms with van der Waals surface area (Å²) < 4.78 is 35.7. The topological polar surface area (TPSA) is 94.1 Å². The Balaban J connectivity index is 1.69. The second kappa shape index (κ2) is 7.17.